The Morgan fingerprint density at radius 3 is 2.24 bits per heavy atom. The number of rotatable bonds is 13. The Bertz CT molecular complexity index is 546. The molecule has 25 heavy (non-hydrogen) atoms. The predicted octanol–water partition coefficient (Wildman–Crippen LogP) is 5.46. The molecule has 0 atom stereocenters. The van der Waals surface area contributed by atoms with Crippen LogP contribution in [-0.4, -0.2) is 17.9 Å². The van der Waals surface area contributed by atoms with Gasteiger partial charge in [0.05, 0.1) is 23.8 Å². The van der Waals surface area contributed by atoms with E-state index < -0.39 is 4.92 Å². The fourth-order valence-electron chi connectivity index (χ4n) is 2.71. The number of anilines is 1. The van der Waals surface area contributed by atoms with E-state index in [1.165, 1.54) is 70.3 Å². The molecule has 6 heteroatoms. The molecule has 1 N–H and O–H groups in total. The van der Waals surface area contributed by atoms with E-state index in [4.69, 9.17) is 4.74 Å². The summed E-state index contributed by atoms with van der Waals surface area (Å²) in [5.41, 5.74) is 0.405. The number of nitro benzene ring substituents is 1. The van der Waals surface area contributed by atoms with Gasteiger partial charge in [0, 0.05) is 12.5 Å². The van der Waals surface area contributed by atoms with Crippen molar-refractivity contribution in [2.45, 2.75) is 71.1 Å². The third-order valence-electron chi connectivity index (χ3n) is 4.18. The molecule has 1 aromatic carbocycles. The highest BCUT2D eigenvalue weighted by atomic mass is 16.6. The van der Waals surface area contributed by atoms with Crippen LogP contribution < -0.4 is 10.1 Å². The molecule has 1 rings (SSSR count). The smallest absolute Gasteiger partial charge is 0.273 e. The van der Waals surface area contributed by atoms with E-state index in [9.17, 15) is 14.9 Å². The van der Waals surface area contributed by atoms with Crippen molar-refractivity contribution < 1.29 is 14.5 Å². The predicted molar refractivity (Wildman–Crippen MR) is 100 cm³/mol. The molecular formula is C19H30N2O4. The van der Waals surface area contributed by atoms with E-state index in [1.807, 2.05) is 0 Å². The maximum absolute atomic E-state index is 12.0. The number of nitrogens with one attached hydrogen (secondary N) is 1. The van der Waals surface area contributed by atoms with Crippen LogP contribution in [0.15, 0.2) is 18.2 Å². The molecule has 0 aromatic heterocycles. The number of ether oxygens (including phenoxy) is 1. The number of unbranched alkanes of at least 4 members (excludes halogenated alkanes) is 8. The second-order valence-electron chi connectivity index (χ2n) is 6.27. The van der Waals surface area contributed by atoms with Crippen molar-refractivity contribution >= 4 is 17.3 Å². The Morgan fingerprint density at radius 1 is 1.08 bits per heavy atom. The molecule has 0 aliphatic heterocycles. The minimum atomic E-state index is -0.490. The quantitative estimate of drug-likeness (QED) is 0.291. The van der Waals surface area contributed by atoms with Gasteiger partial charge in [0.15, 0.2) is 0 Å². The number of amides is 1. The molecule has 0 saturated carbocycles. The average molecular weight is 350 g/mol. The van der Waals surface area contributed by atoms with Crippen molar-refractivity contribution in [1.82, 2.24) is 0 Å². The van der Waals surface area contributed by atoms with Crippen molar-refractivity contribution in [3.63, 3.8) is 0 Å². The molecule has 0 aliphatic carbocycles. The molecular weight excluding hydrogens is 320 g/mol. The number of non-ortho nitro benzene ring substituents is 1. The van der Waals surface area contributed by atoms with Gasteiger partial charge < -0.3 is 10.1 Å². The van der Waals surface area contributed by atoms with E-state index in [-0.39, 0.29) is 11.6 Å². The van der Waals surface area contributed by atoms with Gasteiger partial charge in [0.25, 0.3) is 5.69 Å². The van der Waals surface area contributed by atoms with Gasteiger partial charge in [-0.15, -0.1) is 0 Å². The van der Waals surface area contributed by atoms with E-state index >= 15 is 0 Å². The van der Waals surface area contributed by atoms with Crippen molar-refractivity contribution in [1.29, 1.82) is 0 Å². The maximum atomic E-state index is 12.0. The zero-order chi connectivity index (χ0) is 18.5. The van der Waals surface area contributed by atoms with E-state index in [0.717, 1.165) is 12.8 Å². The normalized spacial score (nSPS) is 10.5. The van der Waals surface area contributed by atoms with Gasteiger partial charge in [-0.25, -0.2) is 0 Å². The van der Waals surface area contributed by atoms with Crippen molar-refractivity contribution in [2.75, 3.05) is 12.4 Å². The number of nitro groups is 1. The zero-order valence-corrected chi connectivity index (χ0v) is 15.4. The van der Waals surface area contributed by atoms with Gasteiger partial charge >= 0.3 is 0 Å². The summed E-state index contributed by atoms with van der Waals surface area (Å²) >= 11 is 0. The first-order valence-electron chi connectivity index (χ1n) is 9.20. The minimum Gasteiger partial charge on any atom is -0.494 e. The van der Waals surface area contributed by atoms with E-state index in [1.54, 1.807) is 0 Å². The van der Waals surface area contributed by atoms with Gasteiger partial charge in [0.1, 0.15) is 5.75 Å². The molecule has 1 amide bonds. The SMILES string of the molecule is CCCCCCCCCCCC(=O)Nc1ccc([N+](=O)[O-])cc1OC. The summed E-state index contributed by atoms with van der Waals surface area (Å²) in [5.74, 6) is 0.213. The molecule has 1 aromatic rings. The summed E-state index contributed by atoms with van der Waals surface area (Å²) in [6, 6.07) is 4.18. The highest BCUT2D eigenvalue weighted by Crippen LogP contribution is 2.29. The van der Waals surface area contributed by atoms with Crippen LogP contribution in [0, 0.1) is 10.1 Å². The first kappa shape index (κ1) is 20.9. The molecule has 0 radical (unpaired) electrons. The number of hydrogen-bond acceptors (Lipinski definition) is 4. The summed E-state index contributed by atoms with van der Waals surface area (Å²) in [6.07, 6.45) is 11.3. The number of carbonyl (C=O) groups excluding carboxylic acids is 1. The summed E-state index contributed by atoms with van der Waals surface area (Å²) in [4.78, 5) is 22.3. The Hall–Kier alpha value is -2.11. The largest absolute Gasteiger partial charge is 0.494 e. The molecule has 0 heterocycles. The van der Waals surface area contributed by atoms with Crippen LogP contribution >= 0.6 is 0 Å². The minimum absolute atomic E-state index is 0.0613. The molecule has 6 nitrogen and oxygen atoms in total. The number of carbonyl (C=O) groups is 1. The van der Waals surface area contributed by atoms with Crippen molar-refractivity contribution in [2.24, 2.45) is 0 Å². The van der Waals surface area contributed by atoms with E-state index in [2.05, 4.69) is 12.2 Å². The Kier molecular flexibility index (Phi) is 10.3. The zero-order valence-electron chi connectivity index (χ0n) is 15.4. The van der Waals surface area contributed by atoms with Crippen LogP contribution in [0.2, 0.25) is 0 Å². The van der Waals surface area contributed by atoms with Gasteiger partial charge in [-0.2, -0.15) is 0 Å². The fraction of sp³-hybridized carbons (Fsp3) is 0.632. The summed E-state index contributed by atoms with van der Waals surface area (Å²) in [5, 5.41) is 13.5. The highest BCUT2D eigenvalue weighted by molar-refractivity contribution is 5.92. The van der Waals surface area contributed by atoms with Gasteiger partial charge in [0.2, 0.25) is 5.91 Å². The van der Waals surface area contributed by atoms with Gasteiger partial charge in [-0.05, 0) is 12.5 Å². The number of nitrogens with zero attached hydrogens (tertiary/aromatic N) is 1. The van der Waals surface area contributed by atoms with E-state index in [0.29, 0.717) is 17.9 Å². The molecule has 0 saturated heterocycles. The second kappa shape index (κ2) is 12.3. The average Bonchev–Trinajstić information content (AvgIpc) is 2.60. The van der Waals surface area contributed by atoms with Gasteiger partial charge in [-0.1, -0.05) is 58.3 Å². The number of methoxy groups -OCH3 is 1. The number of benzene rings is 1. The van der Waals surface area contributed by atoms with Crippen LogP contribution in [0.1, 0.15) is 71.1 Å². The summed E-state index contributed by atoms with van der Waals surface area (Å²) in [6.45, 7) is 2.22. The van der Waals surface area contributed by atoms with Crippen molar-refractivity contribution in [3.8, 4) is 5.75 Å². The van der Waals surface area contributed by atoms with Crippen LogP contribution in [0.4, 0.5) is 11.4 Å². The lowest BCUT2D eigenvalue weighted by molar-refractivity contribution is -0.384. The van der Waals surface area contributed by atoms with Crippen LogP contribution in [0.3, 0.4) is 0 Å². The Balaban J connectivity index is 2.25. The van der Waals surface area contributed by atoms with Crippen LogP contribution in [-0.2, 0) is 4.79 Å². The van der Waals surface area contributed by atoms with Crippen LogP contribution in [0.5, 0.6) is 5.75 Å². The first-order valence-corrected chi connectivity index (χ1v) is 9.20. The lowest BCUT2D eigenvalue weighted by atomic mass is 10.1. The second-order valence-corrected chi connectivity index (χ2v) is 6.27. The Morgan fingerprint density at radius 2 is 1.68 bits per heavy atom. The monoisotopic (exact) mass is 350 g/mol. The standard InChI is InChI=1S/C19H30N2O4/c1-3-4-5-6-7-8-9-10-11-12-19(22)20-17-14-13-16(21(23)24)15-18(17)25-2/h13-15H,3-12H2,1-2H3,(H,20,22). The molecule has 0 spiro atoms. The topological polar surface area (TPSA) is 81.5 Å². The third-order valence-corrected chi connectivity index (χ3v) is 4.18. The van der Waals surface area contributed by atoms with Crippen LogP contribution in [0.25, 0.3) is 0 Å². The van der Waals surface area contributed by atoms with Crippen molar-refractivity contribution in [3.05, 3.63) is 28.3 Å². The maximum Gasteiger partial charge on any atom is 0.273 e. The first-order chi connectivity index (χ1) is 12.1. The van der Waals surface area contributed by atoms with Gasteiger partial charge in [-0.3, -0.25) is 14.9 Å². The number of hydrogen-bond donors (Lipinski definition) is 1. The lowest BCUT2D eigenvalue weighted by Crippen LogP contribution is -2.12. The molecule has 0 aliphatic rings. The lowest BCUT2D eigenvalue weighted by Gasteiger charge is -2.10. The molecule has 0 unspecified atom stereocenters. The Labute approximate surface area is 150 Å². The fourth-order valence-corrected chi connectivity index (χ4v) is 2.71. The highest BCUT2D eigenvalue weighted by Gasteiger charge is 2.13. The summed E-state index contributed by atoms with van der Waals surface area (Å²) in [7, 11) is 1.43. The molecule has 0 bridgehead atoms. The molecule has 140 valence electrons. The third kappa shape index (κ3) is 8.52. The summed E-state index contributed by atoms with van der Waals surface area (Å²) < 4.78 is 5.12. The molecule has 0 fully saturated rings.